The Morgan fingerprint density at radius 2 is 1.80 bits per heavy atom. The maximum atomic E-state index is 10.7. The Bertz CT molecular complexity index is 623. The first kappa shape index (κ1) is 15.8. The lowest BCUT2D eigenvalue weighted by atomic mass is 9.94. The molecule has 0 aliphatic rings. The smallest absolute Gasteiger partial charge is 0.128 e. The summed E-state index contributed by atoms with van der Waals surface area (Å²) in [5.74, 6) is 0.747. The molecule has 0 aliphatic heterocycles. The van der Waals surface area contributed by atoms with Crippen LogP contribution in [0.5, 0.6) is 5.75 Å². The molecular formula is C16H16BrIO2. The quantitative estimate of drug-likeness (QED) is 0.688. The van der Waals surface area contributed by atoms with Gasteiger partial charge in [-0.05, 0) is 71.3 Å². The lowest BCUT2D eigenvalue weighted by Crippen LogP contribution is -2.07. The monoisotopic (exact) mass is 446 g/mol. The van der Waals surface area contributed by atoms with Crippen LogP contribution in [0.25, 0.3) is 0 Å². The lowest BCUT2D eigenvalue weighted by Gasteiger charge is -2.20. The summed E-state index contributed by atoms with van der Waals surface area (Å²) in [7, 11) is 1.64. The normalized spacial score (nSPS) is 12.3. The predicted molar refractivity (Wildman–Crippen MR) is 93.4 cm³/mol. The molecule has 0 saturated heterocycles. The summed E-state index contributed by atoms with van der Waals surface area (Å²) in [6.07, 6.45) is -0.696. The fourth-order valence-electron chi connectivity index (χ4n) is 2.29. The number of aliphatic hydroxyl groups excluding tert-OH is 1. The highest BCUT2D eigenvalue weighted by atomic mass is 127. The van der Waals surface area contributed by atoms with Crippen LogP contribution in [0.1, 0.15) is 28.4 Å². The largest absolute Gasteiger partial charge is 0.496 e. The second-order valence-electron chi connectivity index (χ2n) is 4.70. The number of aliphatic hydroxyl groups is 1. The van der Waals surface area contributed by atoms with E-state index in [1.54, 1.807) is 7.11 Å². The first-order valence-electron chi connectivity index (χ1n) is 6.22. The van der Waals surface area contributed by atoms with Gasteiger partial charge in [-0.2, -0.15) is 0 Å². The van der Waals surface area contributed by atoms with Gasteiger partial charge >= 0.3 is 0 Å². The fraction of sp³-hybridized carbons (Fsp3) is 0.250. The molecule has 0 fully saturated rings. The standard InChI is InChI=1S/C16H16BrIO2/c1-9-8-13(17)10(2)14(16(9)20-3)15(19)11-4-6-12(18)7-5-11/h4-8,15,19H,1-3H3. The Morgan fingerprint density at radius 1 is 1.20 bits per heavy atom. The number of halogens is 2. The molecule has 0 heterocycles. The molecule has 0 spiro atoms. The van der Waals surface area contributed by atoms with E-state index in [2.05, 4.69) is 38.5 Å². The van der Waals surface area contributed by atoms with Gasteiger partial charge in [0.15, 0.2) is 0 Å². The van der Waals surface area contributed by atoms with Crippen molar-refractivity contribution in [1.82, 2.24) is 0 Å². The Hall–Kier alpha value is -0.590. The van der Waals surface area contributed by atoms with E-state index in [1.165, 1.54) is 0 Å². The molecule has 1 N–H and O–H groups in total. The van der Waals surface area contributed by atoms with Crippen LogP contribution >= 0.6 is 38.5 Å². The van der Waals surface area contributed by atoms with Crippen molar-refractivity contribution in [3.8, 4) is 5.75 Å². The lowest BCUT2D eigenvalue weighted by molar-refractivity contribution is 0.213. The highest BCUT2D eigenvalue weighted by Gasteiger charge is 2.21. The molecule has 0 aromatic heterocycles. The fourth-order valence-corrected chi connectivity index (χ4v) is 3.20. The summed E-state index contributed by atoms with van der Waals surface area (Å²) in [6.45, 7) is 3.96. The summed E-state index contributed by atoms with van der Waals surface area (Å²) in [4.78, 5) is 0. The maximum absolute atomic E-state index is 10.7. The molecule has 2 nitrogen and oxygen atoms in total. The summed E-state index contributed by atoms with van der Waals surface area (Å²) in [5, 5.41) is 10.7. The van der Waals surface area contributed by atoms with E-state index in [0.717, 1.165) is 36.0 Å². The number of aryl methyl sites for hydroxylation is 1. The molecule has 106 valence electrons. The molecule has 0 aliphatic carbocycles. The van der Waals surface area contributed by atoms with Crippen molar-refractivity contribution >= 4 is 38.5 Å². The first-order chi connectivity index (χ1) is 9.45. The number of benzene rings is 2. The van der Waals surface area contributed by atoms with Crippen LogP contribution < -0.4 is 4.74 Å². The van der Waals surface area contributed by atoms with Crippen LogP contribution in [0.2, 0.25) is 0 Å². The topological polar surface area (TPSA) is 29.5 Å². The number of ether oxygens (including phenoxy) is 1. The molecule has 2 aromatic rings. The summed E-state index contributed by atoms with van der Waals surface area (Å²) < 4.78 is 7.62. The number of methoxy groups -OCH3 is 1. The molecular weight excluding hydrogens is 431 g/mol. The number of hydrogen-bond acceptors (Lipinski definition) is 2. The Morgan fingerprint density at radius 3 is 2.35 bits per heavy atom. The minimum atomic E-state index is -0.696. The van der Waals surface area contributed by atoms with Gasteiger partial charge in [0, 0.05) is 13.6 Å². The van der Waals surface area contributed by atoms with Crippen molar-refractivity contribution in [2.45, 2.75) is 20.0 Å². The molecule has 2 aromatic carbocycles. The minimum Gasteiger partial charge on any atom is -0.496 e. The third-order valence-corrected chi connectivity index (χ3v) is 4.91. The molecule has 0 saturated carbocycles. The summed E-state index contributed by atoms with van der Waals surface area (Å²) in [6, 6.07) is 9.89. The zero-order chi connectivity index (χ0) is 14.9. The summed E-state index contributed by atoms with van der Waals surface area (Å²) >= 11 is 5.80. The summed E-state index contributed by atoms with van der Waals surface area (Å²) in [5.41, 5.74) is 3.69. The Labute approximate surface area is 141 Å². The van der Waals surface area contributed by atoms with E-state index in [0.29, 0.717) is 0 Å². The van der Waals surface area contributed by atoms with Gasteiger partial charge in [0.05, 0.1) is 7.11 Å². The first-order valence-corrected chi connectivity index (χ1v) is 8.10. The highest BCUT2D eigenvalue weighted by Crippen LogP contribution is 2.38. The van der Waals surface area contributed by atoms with Gasteiger partial charge in [-0.3, -0.25) is 0 Å². The van der Waals surface area contributed by atoms with Crippen molar-refractivity contribution in [2.75, 3.05) is 7.11 Å². The van der Waals surface area contributed by atoms with Crippen LogP contribution in [0, 0.1) is 17.4 Å². The molecule has 4 heteroatoms. The molecule has 0 radical (unpaired) electrons. The Balaban J connectivity index is 2.58. The van der Waals surface area contributed by atoms with Gasteiger partial charge in [0.1, 0.15) is 11.9 Å². The van der Waals surface area contributed by atoms with Gasteiger partial charge in [-0.1, -0.05) is 28.1 Å². The maximum Gasteiger partial charge on any atom is 0.128 e. The van der Waals surface area contributed by atoms with E-state index in [1.807, 2.05) is 44.2 Å². The van der Waals surface area contributed by atoms with Crippen LogP contribution in [-0.4, -0.2) is 12.2 Å². The molecule has 20 heavy (non-hydrogen) atoms. The predicted octanol–water partition coefficient (Wildman–Crippen LogP) is 4.76. The van der Waals surface area contributed by atoms with Crippen molar-refractivity contribution in [3.63, 3.8) is 0 Å². The number of rotatable bonds is 3. The highest BCUT2D eigenvalue weighted by molar-refractivity contribution is 14.1. The van der Waals surface area contributed by atoms with Crippen LogP contribution in [0.4, 0.5) is 0 Å². The van der Waals surface area contributed by atoms with Gasteiger partial charge in [-0.25, -0.2) is 0 Å². The van der Waals surface area contributed by atoms with Gasteiger partial charge < -0.3 is 9.84 Å². The number of hydrogen-bond donors (Lipinski definition) is 1. The average molecular weight is 447 g/mol. The van der Waals surface area contributed by atoms with Crippen molar-refractivity contribution in [3.05, 3.63) is 60.6 Å². The average Bonchev–Trinajstić information content (AvgIpc) is 2.42. The van der Waals surface area contributed by atoms with Crippen LogP contribution in [-0.2, 0) is 0 Å². The minimum absolute atomic E-state index is 0.696. The second kappa shape index (κ2) is 6.45. The van der Waals surface area contributed by atoms with E-state index >= 15 is 0 Å². The Kier molecular flexibility index (Phi) is 5.09. The van der Waals surface area contributed by atoms with Crippen LogP contribution in [0.15, 0.2) is 34.8 Å². The second-order valence-corrected chi connectivity index (χ2v) is 6.80. The molecule has 2 rings (SSSR count). The third-order valence-electron chi connectivity index (χ3n) is 3.37. The molecule has 1 atom stereocenters. The van der Waals surface area contributed by atoms with E-state index in [9.17, 15) is 5.11 Å². The third kappa shape index (κ3) is 3.02. The van der Waals surface area contributed by atoms with Crippen molar-refractivity contribution < 1.29 is 9.84 Å². The van der Waals surface area contributed by atoms with E-state index in [4.69, 9.17) is 4.74 Å². The zero-order valence-corrected chi connectivity index (χ0v) is 15.3. The van der Waals surface area contributed by atoms with Crippen molar-refractivity contribution in [2.24, 2.45) is 0 Å². The molecule has 1 unspecified atom stereocenters. The van der Waals surface area contributed by atoms with Crippen molar-refractivity contribution in [1.29, 1.82) is 0 Å². The molecule has 0 amide bonds. The van der Waals surface area contributed by atoms with Crippen LogP contribution in [0.3, 0.4) is 0 Å². The molecule has 0 bridgehead atoms. The SMILES string of the molecule is COc1c(C)cc(Br)c(C)c1C(O)c1ccc(I)cc1. The van der Waals surface area contributed by atoms with E-state index in [-0.39, 0.29) is 0 Å². The van der Waals surface area contributed by atoms with Gasteiger partial charge in [0.2, 0.25) is 0 Å². The van der Waals surface area contributed by atoms with Gasteiger partial charge in [-0.15, -0.1) is 0 Å². The zero-order valence-electron chi connectivity index (χ0n) is 11.6. The van der Waals surface area contributed by atoms with E-state index < -0.39 is 6.10 Å². The van der Waals surface area contributed by atoms with Gasteiger partial charge in [0.25, 0.3) is 0 Å².